The fraction of sp³-hybridized carbons (Fsp3) is 0.833. The fourth-order valence-corrected chi connectivity index (χ4v) is 3.09. The van der Waals surface area contributed by atoms with E-state index in [0.29, 0.717) is 24.3 Å². The Morgan fingerprint density at radius 1 is 1.39 bits per heavy atom. The van der Waals surface area contributed by atoms with Gasteiger partial charge in [-0.25, -0.2) is 0 Å². The Labute approximate surface area is 111 Å². The highest BCUT2D eigenvalue weighted by atomic mass is 32.2. The molecule has 6 heteroatoms. The minimum atomic E-state index is -0.325. The third kappa shape index (κ3) is 2.70. The Hall–Kier alpha value is -0.590. The number of nitrogens with one attached hydrogen (secondary N) is 1. The van der Waals surface area contributed by atoms with Gasteiger partial charge < -0.3 is 15.0 Å². The maximum Gasteiger partial charge on any atom is 0.191 e. The Morgan fingerprint density at radius 3 is 2.78 bits per heavy atom. The van der Waals surface area contributed by atoms with E-state index in [-0.39, 0.29) is 6.10 Å². The third-order valence-electron chi connectivity index (χ3n) is 3.39. The van der Waals surface area contributed by atoms with Crippen LogP contribution in [-0.2, 0) is 0 Å². The molecule has 0 amide bonds. The van der Waals surface area contributed by atoms with Crippen molar-refractivity contribution in [2.75, 3.05) is 19.3 Å². The van der Waals surface area contributed by atoms with Gasteiger partial charge in [-0.1, -0.05) is 11.8 Å². The molecule has 0 bridgehead atoms. The Morgan fingerprint density at radius 2 is 2.17 bits per heavy atom. The van der Waals surface area contributed by atoms with Crippen molar-refractivity contribution in [1.82, 2.24) is 20.1 Å². The first-order chi connectivity index (χ1) is 8.79. The van der Waals surface area contributed by atoms with Gasteiger partial charge in [-0.15, -0.1) is 10.2 Å². The minimum Gasteiger partial charge on any atom is -0.391 e. The molecule has 2 saturated carbocycles. The summed E-state index contributed by atoms with van der Waals surface area (Å²) in [6, 6.07) is 0.625. The van der Waals surface area contributed by atoms with Crippen molar-refractivity contribution < 1.29 is 5.11 Å². The molecule has 3 rings (SSSR count). The number of aliphatic hydroxyl groups is 1. The van der Waals surface area contributed by atoms with E-state index in [0.717, 1.165) is 5.16 Å². The zero-order valence-corrected chi connectivity index (χ0v) is 11.5. The minimum absolute atomic E-state index is 0.325. The first-order valence-electron chi connectivity index (χ1n) is 6.70. The number of rotatable bonds is 7. The van der Waals surface area contributed by atoms with Crippen LogP contribution in [0.4, 0.5) is 0 Å². The van der Waals surface area contributed by atoms with Gasteiger partial charge in [0.05, 0.1) is 6.10 Å². The van der Waals surface area contributed by atoms with Crippen LogP contribution < -0.4 is 5.32 Å². The molecule has 0 spiro atoms. The maximum absolute atomic E-state index is 9.74. The van der Waals surface area contributed by atoms with Crippen LogP contribution in [0.25, 0.3) is 0 Å². The van der Waals surface area contributed by atoms with E-state index < -0.39 is 0 Å². The first-order valence-corrected chi connectivity index (χ1v) is 7.68. The van der Waals surface area contributed by atoms with E-state index in [1.165, 1.54) is 31.5 Å². The lowest BCUT2D eigenvalue weighted by Crippen LogP contribution is -2.25. The van der Waals surface area contributed by atoms with Gasteiger partial charge >= 0.3 is 0 Å². The van der Waals surface area contributed by atoms with Crippen molar-refractivity contribution in [3.8, 4) is 0 Å². The standard InChI is InChI=1S/C12H20N4OS/c1-13-6-10(17)7-18-12-15-14-11(8-2-3-8)16(12)9-4-5-9/h8-10,13,17H,2-7H2,1H3. The second kappa shape index (κ2) is 5.19. The number of hydrogen-bond acceptors (Lipinski definition) is 5. The van der Waals surface area contributed by atoms with E-state index in [2.05, 4.69) is 20.1 Å². The molecule has 0 aromatic carbocycles. The van der Waals surface area contributed by atoms with Crippen LogP contribution in [0.1, 0.15) is 43.5 Å². The highest BCUT2D eigenvalue weighted by Gasteiger charge is 2.36. The van der Waals surface area contributed by atoms with E-state index in [9.17, 15) is 5.11 Å². The lowest BCUT2D eigenvalue weighted by atomic mass is 10.4. The normalized spacial score (nSPS) is 21.2. The molecular formula is C12H20N4OS. The summed E-state index contributed by atoms with van der Waals surface area (Å²) in [5, 5.41) is 22.4. The molecule has 1 heterocycles. The fourth-order valence-electron chi connectivity index (χ4n) is 2.15. The van der Waals surface area contributed by atoms with Gasteiger partial charge in [-0.05, 0) is 32.7 Å². The van der Waals surface area contributed by atoms with E-state index in [1.54, 1.807) is 11.8 Å². The van der Waals surface area contributed by atoms with Crippen LogP contribution in [-0.4, -0.2) is 45.3 Å². The Kier molecular flexibility index (Phi) is 3.59. The van der Waals surface area contributed by atoms with Gasteiger partial charge in [0.2, 0.25) is 0 Å². The quantitative estimate of drug-likeness (QED) is 0.727. The van der Waals surface area contributed by atoms with Crippen LogP contribution in [0.2, 0.25) is 0 Å². The SMILES string of the molecule is CNCC(O)CSc1nnc(C2CC2)n1C1CC1. The molecule has 5 nitrogen and oxygen atoms in total. The highest BCUT2D eigenvalue weighted by Crippen LogP contribution is 2.45. The molecule has 1 aromatic rings. The molecule has 1 unspecified atom stereocenters. The monoisotopic (exact) mass is 268 g/mol. The van der Waals surface area contributed by atoms with E-state index >= 15 is 0 Å². The molecule has 1 atom stereocenters. The number of nitrogens with zero attached hydrogens (tertiary/aromatic N) is 3. The van der Waals surface area contributed by atoms with Crippen LogP contribution in [0.5, 0.6) is 0 Å². The molecule has 0 saturated heterocycles. The van der Waals surface area contributed by atoms with Gasteiger partial charge in [0.15, 0.2) is 5.16 Å². The lowest BCUT2D eigenvalue weighted by molar-refractivity contribution is 0.199. The van der Waals surface area contributed by atoms with Crippen LogP contribution >= 0.6 is 11.8 Å². The molecule has 0 radical (unpaired) electrons. The molecular weight excluding hydrogens is 248 g/mol. The van der Waals surface area contributed by atoms with Crippen LogP contribution in [0, 0.1) is 0 Å². The number of aliphatic hydroxyl groups excluding tert-OH is 1. The van der Waals surface area contributed by atoms with Crippen molar-refractivity contribution in [2.45, 2.75) is 48.9 Å². The van der Waals surface area contributed by atoms with Gasteiger partial charge in [0, 0.05) is 24.3 Å². The number of hydrogen-bond donors (Lipinski definition) is 2. The number of aromatic nitrogens is 3. The first kappa shape index (κ1) is 12.4. The molecule has 2 aliphatic rings. The van der Waals surface area contributed by atoms with Gasteiger partial charge in [-0.3, -0.25) is 0 Å². The van der Waals surface area contributed by atoms with E-state index in [1.807, 2.05) is 7.05 Å². The van der Waals surface area contributed by atoms with Gasteiger partial charge in [0.25, 0.3) is 0 Å². The zero-order chi connectivity index (χ0) is 12.5. The maximum atomic E-state index is 9.74. The van der Waals surface area contributed by atoms with Gasteiger partial charge in [-0.2, -0.15) is 0 Å². The van der Waals surface area contributed by atoms with Crippen molar-refractivity contribution in [1.29, 1.82) is 0 Å². The molecule has 1 aromatic heterocycles. The predicted molar refractivity (Wildman–Crippen MR) is 70.9 cm³/mol. The molecule has 2 N–H and O–H groups in total. The topological polar surface area (TPSA) is 63.0 Å². The summed E-state index contributed by atoms with van der Waals surface area (Å²) in [6.07, 6.45) is 4.71. The van der Waals surface area contributed by atoms with Crippen molar-refractivity contribution in [3.05, 3.63) is 5.82 Å². The molecule has 2 aliphatic carbocycles. The summed E-state index contributed by atoms with van der Waals surface area (Å²) in [4.78, 5) is 0. The predicted octanol–water partition coefficient (Wildman–Crippen LogP) is 1.16. The zero-order valence-electron chi connectivity index (χ0n) is 10.7. The van der Waals surface area contributed by atoms with Crippen molar-refractivity contribution in [3.63, 3.8) is 0 Å². The summed E-state index contributed by atoms with van der Waals surface area (Å²) in [7, 11) is 1.85. The second-order valence-corrected chi connectivity index (χ2v) is 6.23. The summed E-state index contributed by atoms with van der Waals surface area (Å²) in [5.74, 6) is 2.51. The highest BCUT2D eigenvalue weighted by molar-refractivity contribution is 7.99. The summed E-state index contributed by atoms with van der Waals surface area (Å²) in [5.41, 5.74) is 0. The van der Waals surface area contributed by atoms with Crippen LogP contribution in [0.3, 0.4) is 0 Å². The summed E-state index contributed by atoms with van der Waals surface area (Å²) >= 11 is 1.63. The van der Waals surface area contributed by atoms with Crippen LogP contribution in [0.15, 0.2) is 5.16 Å². The Bertz CT molecular complexity index is 414. The smallest absolute Gasteiger partial charge is 0.191 e. The average Bonchev–Trinajstić information content (AvgIpc) is 3.25. The molecule has 0 aliphatic heterocycles. The van der Waals surface area contributed by atoms with Crippen molar-refractivity contribution in [2.24, 2.45) is 0 Å². The van der Waals surface area contributed by atoms with Crippen molar-refractivity contribution >= 4 is 11.8 Å². The summed E-state index contributed by atoms with van der Waals surface area (Å²) in [6.45, 7) is 0.625. The summed E-state index contributed by atoms with van der Waals surface area (Å²) < 4.78 is 2.33. The number of thioether (sulfide) groups is 1. The largest absolute Gasteiger partial charge is 0.391 e. The Balaban J connectivity index is 1.67. The number of likely N-dealkylation sites (N-methyl/N-ethyl adjacent to an activating group) is 1. The van der Waals surface area contributed by atoms with Gasteiger partial charge in [0.1, 0.15) is 5.82 Å². The van der Waals surface area contributed by atoms with E-state index in [4.69, 9.17) is 0 Å². The molecule has 2 fully saturated rings. The third-order valence-corrected chi connectivity index (χ3v) is 4.48. The molecule has 100 valence electrons. The molecule has 18 heavy (non-hydrogen) atoms. The lowest BCUT2D eigenvalue weighted by Gasteiger charge is -2.11. The second-order valence-electron chi connectivity index (χ2n) is 5.24. The average molecular weight is 268 g/mol.